The maximum Gasteiger partial charge on any atom is 0.307 e. The largest absolute Gasteiger partial charge is 0.469 e. The molecule has 0 aliphatic heterocycles. The highest BCUT2D eigenvalue weighted by atomic mass is 16.5. The number of carbonyl (C=O) groups is 1. The van der Waals surface area contributed by atoms with Gasteiger partial charge >= 0.3 is 5.97 Å². The topological polar surface area (TPSA) is 61.5 Å². The summed E-state index contributed by atoms with van der Waals surface area (Å²) in [6, 6.07) is 0. The van der Waals surface area contributed by atoms with Gasteiger partial charge in [0.25, 0.3) is 0 Å². The van der Waals surface area contributed by atoms with Crippen LogP contribution in [0.15, 0.2) is 0 Å². The van der Waals surface area contributed by atoms with Gasteiger partial charge in [0.15, 0.2) is 0 Å². The van der Waals surface area contributed by atoms with E-state index >= 15 is 0 Å². The molecule has 1 saturated carbocycles. The van der Waals surface area contributed by atoms with Crippen LogP contribution in [0.3, 0.4) is 0 Å². The zero-order valence-corrected chi connectivity index (χ0v) is 8.75. The summed E-state index contributed by atoms with van der Waals surface area (Å²) >= 11 is 0. The summed E-state index contributed by atoms with van der Waals surface area (Å²) in [5.74, 6) is -0.227. The van der Waals surface area contributed by atoms with Gasteiger partial charge in [0.05, 0.1) is 25.7 Å². The quantitative estimate of drug-likeness (QED) is 0.669. The van der Waals surface area contributed by atoms with Crippen molar-refractivity contribution in [2.24, 2.45) is 5.73 Å². The van der Waals surface area contributed by atoms with Crippen LogP contribution in [0.5, 0.6) is 0 Å². The van der Waals surface area contributed by atoms with Gasteiger partial charge in [-0.2, -0.15) is 0 Å². The van der Waals surface area contributed by atoms with E-state index in [0.717, 1.165) is 12.8 Å². The van der Waals surface area contributed by atoms with Gasteiger partial charge < -0.3 is 15.2 Å². The van der Waals surface area contributed by atoms with E-state index in [2.05, 4.69) is 4.74 Å². The highest BCUT2D eigenvalue weighted by Gasteiger charge is 2.33. The van der Waals surface area contributed by atoms with Gasteiger partial charge in [0, 0.05) is 6.54 Å². The number of rotatable bonds is 5. The predicted molar refractivity (Wildman–Crippen MR) is 52.8 cm³/mol. The molecule has 0 aromatic carbocycles. The van der Waals surface area contributed by atoms with Gasteiger partial charge in [-0.15, -0.1) is 0 Å². The predicted octanol–water partition coefficient (Wildman–Crippen LogP) is 0.838. The molecule has 0 saturated heterocycles. The molecule has 0 aromatic rings. The second kappa shape index (κ2) is 5.32. The molecule has 0 unspecified atom stereocenters. The van der Waals surface area contributed by atoms with Gasteiger partial charge in [-0.25, -0.2) is 0 Å². The van der Waals surface area contributed by atoms with E-state index in [9.17, 15) is 4.79 Å². The van der Waals surface area contributed by atoms with Crippen LogP contribution in [0, 0.1) is 0 Å². The third-order valence-corrected chi connectivity index (χ3v) is 2.83. The minimum Gasteiger partial charge on any atom is -0.469 e. The summed E-state index contributed by atoms with van der Waals surface area (Å²) in [7, 11) is 1.39. The molecule has 0 radical (unpaired) electrons. The fourth-order valence-electron chi connectivity index (χ4n) is 1.88. The van der Waals surface area contributed by atoms with Crippen molar-refractivity contribution in [3.8, 4) is 0 Å². The zero-order chi connectivity index (χ0) is 10.4. The maximum absolute atomic E-state index is 10.8. The monoisotopic (exact) mass is 201 g/mol. The summed E-state index contributed by atoms with van der Waals surface area (Å²) in [5, 5.41) is 0. The smallest absolute Gasteiger partial charge is 0.307 e. The van der Waals surface area contributed by atoms with Crippen molar-refractivity contribution in [3.63, 3.8) is 0 Å². The maximum atomic E-state index is 10.8. The normalized spacial score (nSPS) is 19.6. The molecule has 1 rings (SSSR count). The molecule has 0 amide bonds. The van der Waals surface area contributed by atoms with Crippen LogP contribution >= 0.6 is 0 Å². The number of carbonyl (C=O) groups excluding carboxylic acids is 1. The van der Waals surface area contributed by atoms with Gasteiger partial charge in [0.1, 0.15) is 0 Å². The molecule has 14 heavy (non-hydrogen) atoms. The summed E-state index contributed by atoms with van der Waals surface area (Å²) in [6.07, 6.45) is 4.71. The molecule has 1 aliphatic carbocycles. The van der Waals surface area contributed by atoms with Gasteiger partial charge in [-0.05, 0) is 12.8 Å². The Kier molecular flexibility index (Phi) is 4.35. The molecule has 0 atom stereocenters. The highest BCUT2D eigenvalue weighted by molar-refractivity contribution is 5.69. The number of ether oxygens (including phenoxy) is 2. The lowest BCUT2D eigenvalue weighted by molar-refractivity contribution is -0.143. The molecule has 4 nitrogen and oxygen atoms in total. The van der Waals surface area contributed by atoms with E-state index in [4.69, 9.17) is 10.5 Å². The van der Waals surface area contributed by atoms with Crippen molar-refractivity contribution in [1.82, 2.24) is 0 Å². The van der Waals surface area contributed by atoms with Crippen molar-refractivity contribution in [2.45, 2.75) is 37.7 Å². The molecule has 1 aliphatic rings. The first-order valence-corrected chi connectivity index (χ1v) is 5.13. The Bertz CT molecular complexity index is 188. The standard InChI is InChI=1S/C10H19NO3/c1-13-9(12)4-7-14-10(8-11)5-2-3-6-10/h2-8,11H2,1H3. The van der Waals surface area contributed by atoms with Crippen molar-refractivity contribution in [1.29, 1.82) is 0 Å². The number of hydrogen-bond donors (Lipinski definition) is 1. The van der Waals surface area contributed by atoms with E-state index in [0.29, 0.717) is 19.6 Å². The van der Waals surface area contributed by atoms with Crippen LogP contribution < -0.4 is 5.73 Å². The van der Waals surface area contributed by atoms with E-state index in [-0.39, 0.29) is 11.6 Å². The first-order chi connectivity index (χ1) is 6.72. The summed E-state index contributed by atoms with van der Waals surface area (Å²) in [4.78, 5) is 10.8. The average Bonchev–Trinajstić information content (AvgIpc) is 2.67. The molecule has 1 fully saturated rings. The van der Waals surface area contributed by atoms with Crippen LogP contribution in [0.4, 0.5) is 0 Å². The van der Waals surface area contributed by atoms with Crippen LogP contribution in [0.2, 0.25) is 0 Å². The average molecular weight is 201 g/mol. The van der Waals surface area contributed by atoms with Crippen molar-refractivity contribution in [3.05, 3.63) is 0 Å². The lowest BCUT2D eigenvalue weighted by Gasteiger charge is -2.27. The Hall–Kier alpha value is -0.610. The van der Waals surface area contributed by atoms with Crippen molar-refractivity contribution in [2.75, 3.05) is 20.3 Å². The number of nitrogens with two attached hydrogens (primary N) is 1. The molecule has 2 N–H and O–H groups in total. The fourth-order valence-corrected chi connectivity index (χ4v) is 1.88. The summed E-state index contributed by atoms with van der Waals surface area (Å²) < 4.78 is 10.2. The molecular weight excluding hydrogens is 182 g/mol. The molecule has 0 spiro atoms. The van der Waals surface area contributed by atoms with Gasteiger partial charge in [-0.3, -0.25) is 4.79 Å². The van der Waals surface area contributed by atoms with Crippen LogP contribution in [-0.2, 0) is 14.3 Å². The Morgan fingerprint density at radius 3 is 2.57 bits per heavy atom. The molecule has 82 valence electrons. The summed E-state index contributed by atoms with van der Waals surface area (Å²) in [6.45, 7) is 0.970. The first kappa shape index (κ1) is 11.5. The Labute approximate surface area is 84.7 Å². The van der Waals surface area contributed by atoms with E-state index < -0.39 is 0 Å². The zero-order valence-electron chi connectivity index (χ0n) is 8.75. The van der Waals surface area contributed by atoms with Gasteiger partial charge in [0.2, 0.25) is 0 Å². The molecule has 0 aromatic heterocycles. The third kappa shape index (κ3) is 2.96. The second-order valence-corrected chi connectivity index (χ2v) is 3.77. The Morgan fingerprint density at radius 2 is 2.07 bits per heavy atom. The van der Waals surface area contributed by atoms with Crippen molar-refractivity contribution < 1.29 is 14.3 Å². The van der Waals surface area contributed by atoms with Gasteiger partial charge in [-0.1, -0.05) is 12.8 Å². The van der Waals surface area contributed by atoms with E-state index in [1.807, 2.05) is 0 Å². The molecule has 4 heteroatoms. The third-order valence-electron chi connectivity index (χ3n) is 2.83. The second-order valence-electron chi connectivity index (χ2n) is 3.77. The number of hydrogen-bond acceptors (Lipinski definition) is 4. The van der Waals surface area contributed by atoms with Crippen LogP contribution in [0.25, 0.3) is 0 Å². The minimum absolute atomic E-state index is 0.159. The lowest BCUT2D eigenvalue weighted by atomic mass is 10.0. The molecule has 0 heterocycles. The minimum atomic E-state index is -0.227. The van der Waals surface area contributed by atoms with Crippen molar-refractivity contribution >= 4 is 5.97 Å². The fraction of sp³-hybridized carbons (Fsp3) is 0.900. The van der Waals surface area contributed by atoms with E-state index in [1.54, 1.807) is 0 Å². The Balaban J connectivity index is 2.24. The highest BCUT2D eigenvalue weighted by Crippen LogP contribution is 2.32. The van der Waals surface area contributed by atoms with E-state index in [1.165, 1.54) is 20.0 Å². The summed E-state index contributed by atoms with van der Waals surface area (Å²) in [5.41, 5.74) is 5.52. The lowest BCUT2D eigenvalue weighted by Crippen LogP contribution is -2.38. The number of esters is 1. The SMILES string of the molecule is COC(=O)CCOC1(CN)CCCC1. The van der Waals surface area contributed by atoms with Crippen LogP contribution in [-0.4, -0.2) is 31.8 Å². The Morgan fingerprint density at radius 1 is 1.43 bits per heavy atom. The number of methoxy groups -OCH3 is 1. The first-order valence-electron chi connectivity index (χ1n) is 5.13. The molecular formula is C10H19NO3. The molecule has 0 bridgehead atoms. The van der Waals surface area contributed by atoms with Crippen LogP contribution in [0.1, 0.15) is 32.1 Å².